The summed E-state index contributed by atoms with van der Waals surface area (Å²) in [7, 11) is 0. The molecule has 0 saturated heterocycles. The van der Waals surface area contributed by atoms with Crippen LogP contribution >= 0.6 is 0 Å². The van der Waals surface area contributed by atoms with Gasteiger partial charge in [-0.05, 0) is 38.3 Å². The van der Waals surface area contributed by atoms with E-state index >= 15 is 0 Å². The summed E-state index contributed by atoms with van der Waals surface area (Å²) in [5.74, 6) is 1.16. The highest BCUT2D eigenvalue weighted by atomic mass is 15.1. The van der Waals surface area contributed by atoms with Gasteiger partial charge in [0.25, 0.3) is 0 Å². The lowest BCUT2D eigenvalue weighted by Gasteiger charge is -2.32. The lowest BCUT2D eigenvalue weighted by molar-refractivity contribution is 0.406. The summed E-state index contributed by atoms with van der Waals surface area (Å²) in [5, 5.41) is 12.4. The van der Waals surface area contributed by atoms with Gasteiger partial charge in [0.1, 0.15) is 11.9 Å². The molecule has 0 aliphatic heterocycles. The number of nitriles is 1. The Hall–Kier alpha value is -1.60. The monoisotopic (exact) mass is 246 g/mol. The van der Waals surface area contributed by atoms with E-state index in [9.17, 15) is 0 Å². The third-order valence-corrected chi connectivity index (χ3v) is 2.88. The standard InChI is InChI=1S/C14H22N4/c1-10(2)7-14(4,9-16)18-13-12(8-15)6-5-11(3)17-13/h5-6,10H,7,9,16H2,1-4H3,(H,17,18). The van der Waals surface area contributed by atoms with Crippen LogP contribution in [0.4, 0.5) is 5.82 Å². The third-order valence-electron chi connectivity index (χ3n) is 2.88. The molecular formula is C14H22N4. The number of hydrogen-bond donors (Lipinski definition) is 2. The Kier molecular flexibility index (Phi) is 4.69. The Morgan fingerprint density at radius 1 is 1.50 bits per heavy atom. The van der Waals surface area contributed by atoms with E-state index in [4.69, 9.17) is 11.0 Å². The number of nitrogens with one attached hydrogen (secondary N) is 1. The van der Waals surface area contributed by atoms with Crippen LogP contribution in [0, 0.1) is 24.2 Å². The van der Waals surface area contributed by atoms with Crippen molar-refractivity contribution in [1.29, 1.82) is 5.26 Å². The van der Waals surface area contributed by atoms with Gasteiger partial charge in [-0.2, -0.15) is 5.26 Å². The molecule has 98 valence electrons. The molecule has 0 aliphatic rings. The van der Waals surface area contributed by atoms with Crippen LogP contribution in [-0.4, -0.2) is 17.1 Å². The molecule has 1 unspecified atom stereocenters. The first-order chi connectivity index (χ1) is 8.40. The first-order valence-electron chi connectivity index (χ1n) is 6.26. The summed E-state index contributed by atoms with van der Waals surface area (Å²) in [6.07, 6.45) is 0.935. The van der Waals surface area contributed by atoms with Gasteiger partial charge in [0, 0.05) is 17.8 Å². The number of pyridine rings is 1. The minimum Gasteiger partial charge on any atom is -0.363 e. The molecular weight excluding hydrogens is 224 g/mol. The van der Waals surface area contributed by atoms with Crippen LogP contribution in [0.25, 0.3) is 0 Å². The fourth-order valence-electron chi connectivity index (χ4n) is 2.11. The summed E-state index contributed by atoms with van der Waals surface area (Å²) in [6.45, 7) is 8.80. The molecule has 0 spiro atoms. The van der Waals surface area contributed by atoms with E-state index in [0.29, 0.717) is 23.8 Å². The van der Waals surface area contributed by atoms with Crippen molar-refractivity contribution in [3.63, 3.8) is 0 Å². The molecule has 1 atom stereocenters. The van der Waals surface area contributed by atoms with E-state index in [1.807, 2.05) is 13.0 Å². The summed E-state index contributed by atoms with van der Waals surface area (Å²) in [6, 6.07) is 5.78. The molecule has 1 aromatic heterocycles. The van der Waals surface area contributed by atoms with E-state index in [1.54, 1.807) is 6.07 Å². The van der Waals surface area contributed by atoms with Gasteiger partial charge >= 0.3 is 0 Å². The molecule has 0 bridgehead atoms. The van der Waals surface area contributed by atoms with Crippen molar-refractivity contribution in [1.82, 2.24) is 4.98 Å². The van der Waals surface area contributed by atoms with Crippen LogP contribution in [-0.2, 0) is 0 Å². The average molecular weight is 246 g/mol. The molecule has 0 amide bonds. The zero-order valence-corrected chi connectivity index (χ0v) is 11.6. The van der Waals surface area contributed by atoms with Crippen molar-refractivity contribution in [2.75, 3.05) is 11.9 Å². The quantitative estimate of drug-likeness (QED) is 0.836. The number of rotatable bonds is 5. The topological polar surface area (TPSA) is 74.7 Å². The predicted octanol–water partition coefficient (Wildman–Crippen LogP) is 2.44. The van der Waals surface area contributed by atoms with Gasteiger partial charge in [-0.1, -0.05) is 13.8 Å². The second-order valence-corrected chi connectivity index (χ2v) is 5.45. The molecule has 0 radical (unpaired) electrons. The maximum Gasteiger partial charge on any atom is 0.144 e. The third kappa shape index (κ3) is 3.71. The molecule has 1 heterocycles. The summed E-state index contributed by atoms with van der Waals surface area (Å²) < 4.78 is 0. The van der Waals surface area contributed by atoms with Crippen LogP contribution in [0.1, 0.15) is 38.4 Å². The highest BCUT2D eigenvalue weighted by Crippen LogP contribution is 2.23. The van der Waals surface area contributed by atoms with Crippen molar-refractivity contribution in [2.24, 2.45) is 11.7 Å². The van der Waals surface area contributed by atoms with Gasteiger partial charge in [-0.3, -0.25) is 0 Å². The number of aromatic nitrogens is 1. The van der Waals surface area contributed by atoms with Crippen molar-refractivity contribution < 1.29 is 0 Å². The lowest BCUT2D eigenvalue weighted by Crippen LogP contribution is -2.44. The van der Waals surface area contributed by atoms with Crippen LogP contribution in [0.15, 0.2) is 12.1 Å². The molecule has 0 saturated carbocycles. The van der Waals surface area contributed by atoms with Gasteiger partial charge in [-0.25, -0.2) is 4.98 Å². The molecule has 0 aromatic carbocycles. The zero-order valence-electron chi connectivity index (χ0n) is 11.6. The van der Waals surface area contributed by atoms with Crippen LogP contribution < -0.4 is 11.1 Å². The number of nitrogens with zero attached hydrogens (tertiary/aromatic N) is 2. The first kappa shape index (κ1) is 14.5. The number of aryl methyl sites for hydroxylation is 1. The number of anilines is 1. The molecule has 4 nitrogen and oxygen atoms in total. The van der Waals surface area contributed by atoms with E-state index in [2.05, 4.69) is 37.1 Å². The van der Waals surface area contributed by atoms with E-state index in [0.717, 1.165) is 12.1 Å². The van der Waals surface area contributed by atoms with Crippen LogP contribution in [0.3, 0.4) is 0 Å². The van der Waals surface area contributed by atoms with E-state index in [1.165, 1.54) is 0 Å². The molecule has 4 heteroatoms. The Morgan fingerprint density at radius 3 is 2.67 bits per heavy atom. The second-order valence-electron chi connectivity index (χ2n) is 5.45. The maximum absolute atomic E-state index is 9.10. The van der Waals surface area contributed by atoms with E-state index in [-0.39, 0.29) is 5.54 Å². The Morgan fingerprint density at radius 2 is 2.17 bits per heavy atom. The van der Waals surface area contributed by atoms with Crippen LogP contribution in [0.2, 0.25) is 0 Å². The normalized spacial score (nSPS) is 14.1. The van der Waals surface area contributed by atoms with Crippen LogP contribution in [0.5, 0.6) is 0 Å². The van der Waals surface area contributed by atoms with Gasteiger partial charge in [0.15, 0.2) is 0 Å². The smallest absolute Gasteiger partial charge is 0.144 e. The second kappa shape index (κ2) is 5.83. The Labute approximate surface area is 109 Å². The number of nitrogens with two attached hydrogens (primary N) is 1. The fourth-order valence-corrected chi connectivity index (χ4v) is 2.11. The maximum atomic E-state index is 9.10. The predicted molar refractivity (Wildman–Crippen MR) is 74.2 cm³/mol. The highest BCUT2D eigenvalue weighted by Gasteiger charge is 2.25. The molecule has 3 N–H and O–H groups in total. The molecule has 1 rings (SSSR count). The van der Waals surface area contributed by atoms with Crippen molar-refractivity contribution in [3.05, 3.63) is 23.4 Å². The van der Waals surface area contributed by atoms with Gasteiger partial charge in [0.05, 0.1) is 5.56 Å². The average Bonchev–Trinajstić information content (AvgIpc) is 2.28. The van der Waals surface area contributed by atoms with Gasteiger partial charge in [0.2, 0.25) is 0 Å². The largest absolute Gasteiger partial charge is 0.363 e. The first-order valence-corrected chi connectivity index (χ1v) is 6.26. The SMILES string of the molecule is Cc1ccc(C#N)c(NC(C)(CN)CC(C)C)n1. The lowest BCUT2D eigenvalue weighted by atomic mass is 9.90. The fraction of sp³-hybridized carbons (Fsp3) is 0.571. The molecule has 0 fully saturated rings. The minimum atomic E-state index is -0.236. The van der Waals surface area contributed by atoms with Crippen molar-refractivity contribution in [2.45, 2.75) is 39.7 Å². The Bertz CT molecular complexity index is 448. The highest BCUT2D eigenvalue weighted by molar-refractivity contribution is 5.53. The van der Waals surface area contributed by atoms with Gasteiger partial charge < -0.3 is 11.1 Å². The summed E-state index contributed by atoms with van der Waals surface area (Å²) in [5.41, 5.74) is 7.07. The van der Waals surface area contributed by atoms with Crippen molar-refractivity contribution in [3.8, 4) is 6.07 Å². The van der Waals surface area contributed by atoms with Gasteiger partial charge in [-0.15, -0.1) is 0 Å². The number of hydrogen-bond acceptors (Lipinski definition) is 4. The summed E-state index contributed by atoms with van der Waals surface area (Å²) in [4.78, 5) is 4.40. The summed E-state index contributed by atoms with van der Waals surface area (Å²) >= 11 is 0. The molecule has 0 aliphatic carbocycles. The minimum absolute atomic E-state index is 0.236. The molecule has 18 heavy (non-hydrogen) atoms. The van der Waals surface area contributed by atoms with Crippen molar-refractivity contribution >= 4 is 5.82 Å². The molecule has 1 aromatic rings. The zero-order chi connectivity index (χ0) is 13.8. The Balaban J connectivity index is 3.01. The van der Waals surface area contributed by atoms with E-state index < -0.39 is 0 Å².